The lowest BCUT2D eigenvalue weighted by atomic mass is 9.83. The van der Waals surface area contributed by atoms with Gasteiger partial charge in [-0.05, 0) is 25.2 Å². The third kappa shape index (κ3) is 3.16. The van der Waals surface area contributed by atoms with E-state index in [2.05, 4.69) is 5.32 Å². The van der Waals surface area contributed by atoms with E-state index in [9.17, 15) is 24.9 Å². The van der Waals surface area contributed by atoms with Crippen LogP contribution in [0.3, 0.4) is 0 Å². The summed E-state index contributed by atoms with van der Waals surface area (Å²) in [5, 5.41) is 38.9. The molecule has 0 unspecified atom stereocenters. The Bertz CT molecular complexity index is 1980. The number of anilines is 1. The Morgan fingerprint density at radius 2 is 1.38 bits per heavy atom. The molecule has 0 saturated heterocycles. The van der Waals surface area contributed by atoms with E-state index in [0.717, 1.165) is 5.57 Å². The lowest BCUT2D eigenvalue weighted by molar-refractivity contribution is 0.292. The van der Waals surface area contributed by atoms with E-state index in [0.29, 0.717) is 68.5 Å². The molecule has 6 rings (SSSR count). The number of aromatic hydroxyl groups is 2. The molecule has 0 heterocycles. The van der Waals surface area contributed by atoms with Crippen molar-refractivity contribution in [2.75, 3.05) is 39.8 Å². The first-order valence-corrected chi connectivity index (χ1v) is 12.6. The number of hydrogen-bond donors (Lipinski definition) is 4. The Morgan fingerprint density at radius 1 is 0.795 bits per heavy atom. The summed E-state index contributed by atoms with van der Waals surface area (Å²) in [6.45, 7) is 2.22. The SMILES string of the molecule is COc1c(O)c2c(=O)cc(OC)c3c4c(OC)cc(=O)c5c(O)c(NCCCO)c6c(c(c1CC(C)=C6)c23)c54. The van der Waals surface area contributed by atoms with E-state index >= 15 is 0 Å². The van der Waals surface area contributed by atoms with Gasteiger partial charge in [-0.15, -0.1) is 0 Å². The average Bonchev–Trinajstić information content (AvgIpc) is 3.06. The van der Waals surface area contributed by atoms with E-state index in [1.54, 1.807) is 0 Å². The molecule has 9 heteroatoms. The summed E-state index contributed by atoms with van der Waals surface area (Å²) in [5.41, 5.74) is 1.64. The standard InChI is InChI=1S/C30H27NO8/c1-12-8-13-19-20-14(9-12)30(39-4)29(36)22-16(34)11-18(38-3)24(26(20)22)23-17(37-2)10-15(33)21(25(19)23)28(35)27(13)31-6-5-7-32/h8,10-11,31-32,35-36H,5-7,9H2,1-4H3. The zero-order valence-corrected chi connectivity index (χ0v) is 21.9. The molecule has 0 bridgehead atoms. The van der Waals surface area contributed by atoms with Crippen molar-refractivity contribution in [1.29, 1.82) is 0 Å². The van der Waals surface area contributed by atoms with E-state index < -0.39 is 10.9 Å². The predicted octanol–water partition coefficient (Wildman–Crippen LogP) is 4.09. The number of aliphatic hydroxyl groups is 1. The van der Waals surface area contributed by atoms with Crippen LogP contribution >= 0.6 is 0 Å². The third-order valence-corrected chi connectivity index (χ3v) is 7.68. The summed E-state index contributed by atoms with van der Waals surface area (Å²) in [6.07, 6.45) is 2.73. The monoisotopic (exact) mass is 529 g/mol. The fraction of sp³-hybridized carbons (Fsp3) is 0.267. The summed E-state index contributed by atoms with van der Waals surface area (Å²) in [7, 11) is 4.33. The van der Waals surface area contributed by atoms with E-state index in [-0.39, 0.29) is 46.1 Å². The molecular formula is C30H27NO8. The lowest BCUT2D eigenvalue weighted by Crippen LogP contribution is -2.11. The van der Waals surface area contributed by atoms with Crippen molar-refractivity contribution in [3.8, 4) is 28.7 Å². The summed E-state index contributed by atoms with van der Waals surface area (Å²) < 4.78 is 17.1. The number of methoxy groups -OCH3 is 3. The maximum absolute atomic E-state index is 13.5. The van der Waals surface area contributed by atoms with Crippen LogP contribution in [-0.4, -0.2) is 49.8 Å². The highest BCUT2D eigenvalue weighted by Gasteiger charge is 2.32. The minimum atomic E-state index is -0.446. The molecule has 0 spiro atoms. The summed E-state index contributed by atoms with van der Waals surface area (Å²) >= 11 is 0. The van der Waals surface area contributed by atoms with Gasteiger partial charge in [-0.3, -0.25) is 9.59 Å². The van der Waals surface area contributed by atoms with Crippen LogP contribution in [0.25, 0.3) is 49.2 Å². The molecule has 200 valence electrons. The normalized spacial score (nSPS) is 13.0. The van der Waals surface area contributed by atoms with Gasteiger partial charge < -0.3 is 34.8 Å². The Morgan fingerprint density at radius 3 is 1.95 bits per heavy atom. The zero-order valence-electron chi connectivity index (χ0n) is 21.9. The van der Waals surface area contributed by atoms with Crippen LogP contribution in [0.4, 0.5) is 5.69 Å². The second kappa shape index (κ2) is 8.78. The van der Waals surface area contributed by atoms with Crippen LogP contribution in [-0.2, 0) is 6.42 Å². The number of aliphatic hydroxyl groups excluding tert-OH is 1. The second-order valence-electron chi connectivity index (χ2n) is 9.82. The Labute approximate surface area is 222 Å². The van der Waals surface area contributed by atoms with Crippen LogP contribution in [0.1, 0.15) is 24.5 Å². The van der Waals surface area contributed by atoms with Gasteiger partial charge in [0.15, 0.2) is 28.1 Å². The molecule has 1 aliphatic carbocycles. The Kier molecular flexibility index (Phi) is 5.58. The molecular weight excluding hydrogens is 502 g/mol. The number of phenolic OH excluding ortho intramolecular Hbond substituents is 2. The smallest absolute Gasteiger partial charge is 0.194 e. The van der Waals surface area contributed by atoms with Gasteiger partial charge in [-0.2, -0.15) is 0 Å². The fourth-order valence-electron chi connectivity index (χ4n) is 6.21. The number of hydrogen-bond acceptors (Lipinski definition) is 9. The summed E-state index contributed by atoms with van der Waals surface area (Å²) in [4.78, 5) is 27.0. The first-order valence-electron chi connectivity index (χ1n) is 12.6. The highest BCUT2D eigenvalue weighted by Crippen LogP contribution is 2.56. The van der Waals surface area contributed by atoms with E-state index in [4.69, 9.17) is 14.2 Å². The molecule has 5 aromatic rings. The Balaban J connectivity index is 2.08. The van der Waals surface area contributed by atoms with Crippen molar-refractivity contribution >= 4 is 54.9 Å². The van der Waals surface area contributed by atoms with Gasteiger partial charge in [0.2, 0.25) is 0 Å². The molecule has 0 atom stereocenters. The average molecular weight is 530 g/mol. The van der Waals surface area contributed by atoms with E-state index in [1.807, 2.05) is 13.0 Å². The summed E-state index contributed by atoms with van der Waals surface area (Å²) in [5.74, 6) is 0.198. The maximum atomic E-state index is 13.5. The largest absolute Gasteiger partial charge is 0.505 e. The predicted molar refractivity (Wildman–Crippen MR) is 152 cm³/mol. The van der Waals surface area contributed by atoms with Gasteiger partial charge in [0.25, 0.3) is 0 Å². The first kappa shape index (κ1) is 24.8. The van der Waals surface area contributed by atoms with Crippen molar-refractivity contribution in [1.82, 2.24) is 0 Å². The number of rotatable bonds is 7. The van der Waals surface area contributed by atoms with Crippen molar-refractivity contribution in [3.05, 3.63) is 49.3 Å². The minimum Gasteiger partial charge on any atom is -0.505 e. The van der Waals surface area contributed by atoms with Crippen LogP contribution in [0.5, 0.6) is 28.7 Å². The highest BCUT2D eigenvalue weighted by atomic mass is 16.5. The topological polar surface area (TPSA) is 135 Å². The van der Waals surface area contributed by atoms with E-state index in [1.165, 1.54) is 33.5 Å². The van der Waals surface area contributed by atoms with Gasteiger partial charge in [-0.1, -0.05) is 11.6 Å². The summed E-state index contributed by atoms with van der Waals surface area (Å²) in [6, 6.07) is 2.61. The minimum absolute atomic E-state index is 0.0497. The lowest BCUT2D eigenvalue weighted by Gasteiger charge is -2.24. The van der Waals surface area contributed by atoms with Crippen LogP contribution < -0.4 is 30.4 Å². The fourth-order valence-corrected chi connectivity index (χ4v) is 6.21. The number of nitrogens with one attached hydrogen (secondary N) is 1. The van der Waals surface area contributed by atoms with Gasteiger partial charge in [0.05, 0.1) is 37.8 Å². The van der Waals surface area contributed by atoms with Gasteiger partial charge >= 0.3 is 0 Å². The first-order chi connectivity index (χ1) is 18.8. The van der Waals surface area contributed by atoms with Crippen molar-refractivity contribution < 1.29 is 29.5 Å². The molecule has 39 heavy (non-hydrogen) atoms. The van der Waals surface area contributed by atoms with Crippen LogP contribution in [0, 0.1) is 0 Å². The molecule has 5 aromatic carbocycles. The number of phenols is 2. The van der Waals surface area contributed by atoms with Crippen molar-refractivity contribution in [2.45, 2.75) is 19.8 Å². The molecule has 0 saturated carbocycles. The molecule has 4 N–H and O–H groups in total. The van der Waals surface area contributed by atoms with Crippen LogP contribution in [0.15, 0.2) is 27.3 Å². The van der Waals surface area contributed by atoms with Gasteiger partial charge in [0.1, 0.15) is 11.5 Å². The van der Waals surface area contributed by atoms with Crippen molar-refractivity contribution in [3.63, 3.8) is 0 Å². The molecule has 0 radical (unpaired) electrons. The third-order valence-electron chi connectivity index (χ3n) is 7.68. The van der Waals surface area contributed by atoms with Gasteiger partial charge in [-0.25, -0.2) is 0 Å². The molecule has 0 fully saturated rings. The second-order valence-corrected chi connectivity index (χ2v) is 9.82. The number of benzene rings is 5. The maximum Gasteiger partial charge on any atom is 0.194 e. The zero-order chi connectivity index (χ0) is 27.7. The molecule has 1 aliphatic rings. The molecule has 0 amide bonds. The number of allylic oxidation sites excluding steroid dienone is 1. The van der Waals surface area contributed by atoms with Crippen LogP contribution in [0.2, 0.25) is 0 Å². The van der Waals surface area contributed by atoms with Gasteiger partial charge in [0, 0.05) is 63.3 Å². The van der Waals surface area contributed by atoms with Crippen molar-refractivity contribution in [2.24, 2.45) is 0 Å². The highest BCUT2D eigenvalue weighted by molar-refractivity contribution is 6.39. The molecule has 0 aliphatic heterocycles. The molecule has 9 nitrogen and oxygen atoms in total. The quantitative estimate of drug-likeness (QED) is 0.106. The number of ether oxygens (including phenoxy) is 3. The Hall–Kier alpha value is -4.50. The molecule has 0 aromatic heterocycles. The number of fused-ring (bicyclic) bond motifs is 1.